The number of furan rings is 1. The van der Waals surface area contributed by atoms with Crippen molar-refractivity contribution in [2.75, 3.05) is 6.54 Å². The van der Waals surface area contributed by atoms with Crippen molar-refractivity contribution in [3.05, 3.63) is 35.1 Å². The Morgan fingerprint density at radius 2 is 1.95 bits per heavy atom. The monoisotopic (exact) mass is 285 g/mol. The van der Waals surface area contributed by atoms with Crippen LogP contribution >= 0.6 is 0 Å². The van der Waals surface area contributed by atoms with Crippen LogP contribution in [0.5, 0.6) is 0 Å². The van der Waals surface area contributed by atoms with Gasteiger partial charge in [0.05, 0.1) is 6.04 Å². The number of nitrogens with one attached hydrogen (secondary N) is 1. The minimum atomic E-state index is 0.175. The normalized spacial score (nSPS) is 17.4. The maximum absolute atomic E-state index is 6.22. The molecule has 1 heterocycles. The van der Waals surface area contributed by atoms with Crippen molar-refractivity contribution < 1.29 is 4.42 Å². The lowest BCUT2D eigenvalue weighted by molar-refractivity contribution is 0.403. The largest absolute Gasteiger partial charge is 0.459 e. The quantitative estimate of drug-likeness (QED) is 0.845. The van der Waals surface area contributed by atoms with E-state index in [9.17, 15) is 0 Å². The highest BCUT2D eigenvalue weighted by atomic mass is 16.3. The predicted molar refractivity (Wildman–Crippen MR) is 88.8 cm³/mol. The van der Waals surface area contributed by atoms with Gasteiger partial charge in [-0.05, 0) is 60.9 Å². The zero-order valence-corrected chi connectivity index (χ0v) is 13.9. The summed E-state index contributed by atoms with van der Waals surface area (Å²) in [6, 6.07) is 7.21. The smallest absolute Gasteiger partial charge is 0.137 e. The standard InChI is InChI=1S/C19H27NO/c1-6-20-17(13-7-8-13)16-11-14-10-15(19(3,4)5)9-12(2)18(14)21-16/h9-11,13,17,20H,6-8H2,1-5H3. The Morgan fingerprint density at radius 1 is 1.24 bits per heavy atom. The zero-order valence-electron chi connectivity index (χ0n) is 13.9. The van der Waals surface area contributed by atoms with E-state index < -0.39 is 0 Å². The molecule has 1 aliphatic rings. The van der Waals surface area contributed by atoms with Crippen LogP contribution in [0.2, 0.25) is 0 Å². The van der Waals surface area contributed by atoms with Crippen molar-refractivity contribution in [3.8, 4) is 0 Å². The van der Waals surface area contributed by atoms with E-state index in [2.05, 4.69) is 58.1 Å². The molecule has 0 saturated heterocycles. The summed E-state index contributed by atoms with van der Waals surface area (Å²) in [5.74, 6) is 1.87. The van der Waals surface area contributed by atoms with E-state index in [1.54, 1.807) is 0 Å². The Bertz CT molecular complexity index is 643. The fourth-order valence-corrected chi connectivity index (χ4v) is 3.08. The molecule has 1 atom stereocenters. The first kappa shape index (κ1) is 14.6. The molecule has 1 aliphatic carbocycles. The minimum Gasteiger partial charge on any atom is -0.459 e. The van der Waals surface area contributed by atoms with E-state index >= 15 is 0 Å². The van der Waals surface area contributed by atoms with Gasteiger partial charge in [0.25, 0.3) is 0 Å². The lowest BCUT2D eigenvalue weighted by Gasteiger charge is -2.19. The summed E-state index contributed by atoms with van der Waals surface area (Å²) in [4.78, 5) is 0. The van der Waals surface area contributed by atoms with Crippen molar-refractivity contribution in [3.63, 3.8) is 0 Å². The third-order valence-electron chi connectivity index (χ3n) is 4.51. The number of benzene rings is 1. The van der Waals surface area contributed by atoms with Crippen molar-refractivity contribution >= 4 is 11.0 Å². The molecule has 2 nitrogen and oxygen atoms in total. The summed E-state index contributed by atoms with van der Waals surface area (Å²) in [5, 5.41) is 4.84. The van der Waals surface area contributed by atoms with Crippen LogP contribution in [0.3, 0.4) is 0 Å². The average Bonchev–Trinajstić information content (AvgIpc) is 3.13. The van der Waals surface area contributed by atoms with Gasteiger partial charge in [0.2, 0.25) is 0 Å². The average molecular weight is 285 g/mol. The second-order valence-corrected chi connectivity index (χ2v) is 7.48. The lowest BCUT2D eigenvalue weighted by Crippen LogP contribution is -2.21. The van der Waals surface area contributed by atoms with E-state index in [1.807, 2.05) is 0 Å². The maximum Gasteiger partial charge on any atom is 0.137 e. The summed E-state index contributed by atoms with van der Waals surface area (Å²) in [7, 11) is 0. The molecule has 1 fully saturated rings. The number of fused-ring (bicyclic) bond motifs is 1. The SMILES string of the molecule is CCNC(c1cc2cc(C(C)(C)C)cc(C)c2o1)C1CC1. The second-order valence-electron chi connectivity index (χ2n) is 7.48. The number of hydrogen-bond donors (Lipinski definition) is 1. The van der Waals surface area contributed by atoms with Gasteiger partial charge in [-0.15, -0.1) is 0 Å². The van der Waals surface area contributed by atoms with Crippen LogP contribution in [-0.2, 0) is 5.41 Å². The highest BCUT2D eigenvalue weighted by Crippen LogP contribution is 2.43. The molecule has 0 bridgehead atoms. The van der Waals surface area contributed by atoms with E-state index in [-0.39, 0.29) is 5.41 Å². The van der Waals surface area contributed by atoms with Crippen molar-refractivity contribution in [1.29, 1.82) is 0 Å². The molecule has 0 amide bonds. The fourth-order valence-electron chi connectivity index (χ4n) is 3.08. The van der Waals surface area contributed by atoms with Gasteiger partial charge in [0.1, 0.15) is 11.3 Å². The molecule has 0 radical (unpaired) electrons. The molecule has 0 aliphatic heterocycles. The van der Waals surface area contributed by atoms with Gasteiger partial charge in [-0.2, -0.15) is 0 Å². The molecule has 1 N–H and O–H groups in total. The molecule has 1 aromatic heterocycles. The molecule has 114 valence electrons. The van der Waals surface area contributed by atoms with Crippen molar-refractivity contribution in [1.82, 2.24) is 5.32 Å². The molecule has 1 aromatic carbocycles. The minimum absolute atomic E-state index is 0.175. The Labute approximate surface area is 127 Å². The van der Waals surface area contributed by atoms with Gasteiger partial charge in [0.15, 0.2) is 0 Å². The van der Waals surface area contributed by atoms with E-state index in [1.165, 1.54) is 29.4 Å². The van der Waals surface area contributed by atoms with Crippen molar-refractivity contribution in [2.24, 2.45) is 5.92 Å². The fraction of sp³-hybridized carbons (Fsp3) is 0.579. The maximum atomic E-state index is 6.22. The van der Waals surface area contributed by atoms with Gasteiger partial charge in [-0.1, -0.05) is 33.8 Å². The number of aryl methyl sites for hydroxylation is 1. The number of rotatable bonds is 4. The van der Waals surface area contributed by atoms with Crippen LogP contribution in [0.25, 0.3) is 11.0 Å². The molecule has 1 unspecified atom stereocenters. The lowest BCUT2D eigenvalue weighted by atomic mass is 9.85. The Morgan fingerprint density at radius 3 is 2.52 bits per heavy atom. The van der Waals surface area contributed by atoms with E-state index in [0.717, 1.165) is 23.8 Å². The third-order valence-corrected chi connectivity index (χ3v) is 4.51. The molecule has 1 saturated carbocycles. The van der Waals surface area contributed by atoms with Crippen LogP contribution in [-0.4, -0.2) is 6.54 Å². The van der Waals surface area contributed by atoms with Crippen LogP contribution < -0.4 is 5.32 Å². The Balaban J connectivity index is 2.04. The molecule has 2 heteroatoms. The van der Waals surface area contributed by atoms with Crippen molar-refractivity contribution in [2.45, 2.75) is 58.9 Å². The highest BCUT2D eigenvalue weighted by Gasteiger charge is 2.34. The van der Waals surface area contributed by atoms with Gasteiger partial charge < -0.3 is 9.73 Å². The zero-order chi connectivity index (χ0) is 15.2. The summed E-state index contributed by atoms with van der Waals surface area (Å²) in [5.41, 5.74) is 3.86. The first-order valence-corrected chi connectivity index (χ1v) is 8.18. The summed E-state index contributed by atoms with van der Waals surface area (Å²) < 4.78 is 6.22. The third kappa shape index (κ3) is 2.87. The Kier molecular flexibility index (Phi) is 3.61. The van der Waals surface area contributed by atoms with Crippen LogP contribution in [0.1, 0.15) is 63.5 Å². The van der Waals surface area contributed by atoms with Crippen LogP contribution in [0.15, 0.2) is 22.6 Å². The first-order valence-electron chi connectivity index (χ1n) is 8.18. The Hall–Kier alpha value is -1.28. The molecule has 2 aromatic rings. The number of hydrogen-bond acceptors (Lipinski definition) is 2. The first-order chi connectivity index (χ1) is 9.90. The summed E-state index contributed by atoms with van der Waals surface area (Å²) >= 11 is 0. The second kappa shape index (κ2) is 5.17. The van der Waals surface area contributed by atoms with Crippen LogP contribution in [0.4, 0.5) is 0 Å². The highest BCUT2D eigenvalue weighted by molar-refractivity contribution is 5.82. The predicted octanol–water partition coefficient (Wildman–Crippen LogP) is 5.10. The van der Waals surface area contributed by atoms with Gasteiger partial charge in [-0.3, -0.25) is 0 Å². The molecule has 3 rings (SSSR count). The molecule has 21 heavy (non-hydrogen) atoms. The van der Waals surface area contributed by atoms with Crippen LogP contribution in [0, 0.1) is 12.8 Å². The van der Waals surface area contributed by atoms with E-state index in [4.69, 9.17) is 4.42 Å². The molecule has 0 spiro atoms. The van der Waals surface area contributed by atoms with Gasteiger partial charge in [0, 0.05) is 5.39 Å². The summed E-state index contributed by atoms with van der Waals surface area (Å²) in [6.45, 7) is 12.1. The van der Waals surface area contributed by atoms with Gasteiger partial charge in [-0.25, -0.2) is 0 Å². The molecular formula is C19H27NO. The summed E-state index contributed by atoms with van der Waals surface area (Å²) in [6.07, 6.45) is 2.64. The molecular weight excluding hydrogens is 258 g/mol. The van der Waals surface area contributed by atoms with E-state index in [0.29, 0.717) is 6.04 Å². The van der Waals surface area contributed by atoms with Gasteiger partial charge >= 0.3 is 0 Å². The topological polar surface area (TPSA) is 25.2 Å².